The first kappa shape index (κ1) is 14.2. The van der Waals surface area contributed by atoms with Crippen LogP contribution in [-0.4, -0.2) is 25.1 Å². The highest BCUT2D eigenvalue weighted by molar-refractivity contribution is 6.20. The number of nitrogens with one attached hydrogen (secondary N) is 1. The molecule has 20 heavy (non-hydrogen) atoms. The van der Waals surface area contributed by atoms with Gasteiger partial charge in [-0.2, -0.15) is 0 Å². The maximum atomic E-state index is 6.16. The molecule has 0 saturated heterocycles. The summed E-state index contributed by atoms with van der Waals surface area (Å²) in [6, 6.07) is 8.46. The minimum atomic E-state index is 0.425. The van der Waals surface area contributed by atoms with Gasteiger partial charge in [0.2, 0.25) is 0 Å². The van der Waals surface area contributed by atoms with Gasteiger partial charge in [0.05, 0.1) is 6.61 Å². The van der Waals surface area contributed by atoms with Gasteiger partial charge in [-0.15, -0.1) is 11.6 Å². The number of rotatable bonds is 4. The van der Waals surface area contributed by atoms with E-state index in [0.29, 0.717) is 11.3 Å². The van der Waals surface area contributed by atoms with E-state index in [9.17, 15) is 0 Å². The molecule has 2 aliphatic rings. The third-order valence-electron chi connectivity index (χ3n) is 4.68. The van der Waals surface area contributed by atoms with Gasteiger partial charge in [-0.1, -0.05) is 18.2 Å². The van der Waals surface area contributed by atoms with E-state index in [2.05, 4.69) is 29.6 Å². The Kier molecular flexibility index (Phi) is 4.85. The van der Waals surface area contributed by atoms with Crippen molar-refractivity contribution in [1.29, 1.82) is 0 Å². The third-order valence-corrected chi connectivity index (χ3v) is 5.12. The second-order valence-corrected chi connectivity index (χ2v) is 6.77. The van der Waals surface area contributed by atoms with Crippen molar-refractivity contribution in [3.05, 3.63) is 29.8 Å². The van der Waals surface area contributed by atoms with Gasteiger partial charge in [0.25, 0.3) is 0 Å². The zero-order valence-corrected chi connectivity index (χ0v) is 12.7. The molecule has 0 spiro atoms. The van der Waals surface area contributed by atoms with Gasteiger partial charge in [-0.05, 0) is 56.2 Å². The van der Waals surface area contributed by atoms with Crippen LogP contribution in [-0.2, 0) is 0 Å². The Morgan fingerprint density at radius 1 is 1.05 bits per heavy atom. The summed E-state index contributed by atoms with van der Waals surface area (Å²) < 4.78 is 5.72. The summed E-state index contributed by atoms with van der Waals surface area (Å²) in [5.41, 5.74) is 1.37. The lowest BCUT2D eigenvalue weighted by molar-refractivity contribution is 0.261. The van der Waals surface area contributed by atoms with E-state index in [1.54, 1.807) is 0 Å². The van der Waals surface area contributed by atoms with Gasteiger partial charge in [-0.3, -0.25) is 0 Å². The SMILES string of the molecule is ClC1CCC(CNCC2CCOc3ccccc32)CC1. The maximum Gasteiger partial charge on any atom is 0.122 e. The number of halogens is 1. The number of hydrogen-bond acceptors (Lipinski definition) is 2. The Morgan fingerprint density at radius 2 is 1.85 bits per heavy atom. The van der Waals surface area contributed by atoms with Gasteiger partial charge >= 0.3 is 0 Å². The fraction of sp³-hybridized carbons (Fsp3) is 0.647. The predicted octanol–water partition coefficient (Wildman–Crippen LogP) is 3.94. The number of fused-ring (bicyclic) bond motifs is 1. The molecule has 2 nitrogen and oxygen atoms in total. The first-order valence-electron chi connectivity index (χ1n) is 7.89. The number of ether oxygens (including phenoxy) is 1. The van der Waals surface area contributed by atoms with Crippen molar-refractivity contribution >= 4 is 11.6 Å². The molecule has 1 aliphatic carbocycles. The molecule has 1 unspecified atom stereocenters. The molecule has 0 radical (unpaired) electrons. The summed E-state index contributed by atoms with van der Waals surface area (Å²) in [6.07, 6.45) is 6.07. The van der Waals surface area contributed by atoms with E-state index >= 15 is 0 Å². The van der Waals surface area contributed by atoms with E-state index in [-0.39, 0.29) is 0 Å². The fourth-order valence-electron chi connectivity index (χ4n) is 3.42. The maximum absolute atomic E-state index is 6.16. The average Bonchev–Trinajstić information content (AvgIpc) is 2.49. The minimum Gasteiger partial charge on any atom is -0.493 e. The second-order valence-electron chi connectivity index (χ2n) is 6.15. The zero-order chi connectivity index (χ0) is 13.8. The molecule has 1 saturated carbocycles. The lowest BCUT2D eigenvalue weighted by Gasteiger charge is -2.28. The van der Waals surface area contributed by atoms with Gasteiger partial charge in [-0.25, -0.2) is 0 Å². The molecule has 0 aromatic heterocycles. The van der Waals surface area contributed by atoms with Crippen LogP contribution in [0.4, 0.5) is 0 Å². The van der Waals surface area contributed by atoms with Crippen molar-refractivity contribution in [3.8, 4) is 5.75 Å². The molecule has 1 atom stereocenters. The standard InChI is InChI=1S/C17H24ClNO/c18-15-7-5-13(6-8-15)11-19-12-14-9-10-20-17-4-2-1-3-16(14)17/h1-4,13-15,19H,5-12H2. The lowest BCUT2D eigenvalue weighted by atomic mass is 9.88. The molecule has 0 amide bonds. The predicted molar refractivity (Wildman–Crippen MR) is 83.8 cm³/mol. The van der Waals surface area contributed by atoms with Crippen molar-refractivity contribution < 1.29 is 4.74 Å². The molecule has 1 aromatic carbocycles. The van der Waals surface area contributed by atoms with E-state index < -0.39 is 0 Å². The largest absolute Gasteiger partial charge is 0.493 e. The summed E-state index contributed by atoms with van der Waals surface area (Å²) in [5.74, 6) is 2.50. The van der Waals surface area contributed by atoms with Crippen LogP contribution in [0, 0.1) is 5.92 Å². The normalized spacial score (nSPS) is 29.6. The lowest BCUT2D eigenvalue weighted by Crippen LogP contribution is -2.31. The molecule has 1 fully saturated rings. The zero-order valence-electron chi connectivity index (χ0n) is 12.0. The van der Waals surface area contributed by atoms with E-state index in [4.69, 9.17) is 16.3 Å². The topological polar surface area (TPSA) is 21.3 Å². The minimum absolute atomic E-state index is 0.425. The summed E-state index contributed by atoms with van der Waals surface area (Å²) in [7, 11) is 0. The molecular formula is C17H24ClNO. The molecule has 110 valence electrons. The molecule has 1 heterocycles. The summed E-state index contributed by atoms with van der Waals surface area (Å²) in [6.45, 7) is 3.06. The molecule has 0 bridgehead atoms. The molecule has 1 N–H and O–H groups in total. The van der Waals surface area contributed by atoms with Crippen molar-refractivity contribution in [3.63, 3.8) is 0 Å². The Bertz CT molecular complexity index is 429. The molecule has 3 rings (SSSR count). The van der Waals surface area contributed by atoms with Gasteiger partial charge < -0.3 is 10.1 Å². The number of para-hydroxylation sites is 1. The summed E-state index contributed by atoms with van der Waals surface area (Å²) in [4.78, 5) is 0. The van der Waals surface area contributed by atoms with Crippen molar-refractivity contribution in [1.82, 2.24) is 5.32 Å². The molecule has 1 aromatic rings. The highest BCUT2D eigenvalue weighted by atomic mass is 35.5. The number of hydrogen-bond donors (Lipinski definition) is 1. The van der Waals surface area contributed by atoms with Gasteiger partial charge in [0, 0.05) is 17.8 Å². The highest BCUT2D eigenvalue weighted by Crippen LogP contribution is 2.33. The van der Waals surface area contributed by atoms with Crippen LogP contribution < -0.4 is 10.1 Å². The molecule has 3 heteroatoms. The number of benzene rings is 1. The first-order chi connectivity index (χ1) is 9.83. The molecular weight excluding hydrogens is 270 g/mol. The van der Waals surface area contributed by atoms with E-state index in [1.807, 2.05) is 0 Å². The van der Waals surface area contributed by atoms with Crippen LogP contribution in [0.25, 0.3) is 0 Å². The Labute approximate surface area is 126 Å². The third kappa shape index (κ3) is 3.48. The fourth-order valence-corrected chi connectivity index (χ4v) is 3.67. The Hall–Kier alpha value is -0.730. The average molecular weight is 294 g/mol. The van der Waals surface area contributed by atoms with Crippen LogP contribution in [0.5, 0.6) is 5.75 Å². The van der Waals surface area contributed by atoms with Gasteiger partial charge in [0.15, 0.2) is 0 Å². The smallest absolute Gasteiger partial charge is 0.122 e. The molecule has 1 aliphatic heterocycles. The van der Waals surface area contributed by atoms with Crippen molar-refractivity contribution in [2.75, 3.05) is 19.7 Å². The Morgan fingerprint density at radius 3 is 2.70 bits per heavy atom. The summed E-state index contributed by atoms with van der Waals surface area (Å²) in [5, 5.41) is 4.11. The van der Waals surface area contributed by atoms with Crippen molar-refractivity contribution in [2.45, 2.75) is 43.4 Å². The monoisotopic (exact) mass is 293 g/mol. The first-order valence-corrected chi connectivity index (χ1v) is 8.33. The van der Waals surface area contributed by atoms with Crippen LogP contribution >= 0.6 is 11.6 Å². The summed E-state index contributed by atoms with van der Waals surface area (Å²) >= 11 is 6.16. The Balaban J connectivity index is 1.47. The van der Waals surface area contributed by atoms with Gasteiger partial charge in [0.1, 0.15) is 5.75 Å². The van der Waals surface area contributed by atoms with Crippen LogP contribution in [0.1, 0.15) is 43.6 Å². The second kappa shape index (κ2) is 6.82. The quantitative estimate of drug-likeness (QED) is 0.849. The highest BCUT2D eigenvalue weighted by Gasteiger charge is 2.22. The van der Waals surface area contributed by atoms with E-state index in [1.165, 1.54) is 31.2 Å². The van der Waals surface area contributed by atoms with Crippen LogP contribution in [0.15, 0.2) is 24.3 Å². The van der Waals surface area contributed by atoms with E-state index in [0.717, 1.165) is 37.8 Å². The van der Waals surface area contributed by atoms with Crippen molar-refractivity contribution in [2.24, 2.45) is 5.92 Å². The van der Waals surface area contributed by atoms with Crippen LogP contribution in [0.2, 0.25) is 0 Å². The number of alkyl halides is 1. The van der Waals surface area contributed by atoms with Crippen LogP contribution in [0.3, 0.4) is 0 Å².